The number of aromatic nitrogens is 2. The van der Waals surface area contributed by atoms with Gasteiger partial charge in [0.1, 0.15) is 11.9 Å². The van der Waals surface area contributed by atoms with E-state index in [9.17, 15) is 13.6 Å². The largest absolute Gasteiger partial charge is 0.336 e. The van der Waals surface area contributed by atoms with Crippen molar-refractivity contribution in [2.45, 2.75) is 25.3 Å². The Balaban J connectivity index is 1.89. The molecule has 0 unspecified atom stereocenters. The van der Waals surface area contributed by atoms with Gasteiger partial charge in [0.2, 0.25) is 0 Å². The summed E-state index contributed by atoms with van der Waals surface area (Å²) < 4.78 is 28.6. The van der Waals surface area contributed by atoms with Gasteiger partial charge in [-0.25, -0.2) is 18.6 Å². The van der Waals surface area contributed by atoms with Crippen LogP contribution in [0.1, 0.15) is 36.7 Å². The van der Waals surface area contributed by atoms with Gasteiger partial charge in [0, 0.05) is 32.5 Å². The standard InChI is InChI=1S/C17H20F2N4O/c1-22-10-7-20-16(22)15(12-5-6-13(18)14(19)11-12)21-17(24)23-8-3-2-4-9-23/h5-7,10-11,15H,2-4,8-9H2,1H3,(H,21,24)/t15-/m1/s1. The molecule has 1 fully saturated rings. The molecule has 0 spiro atoms. The lowest BCUT2D eigenvalue weighted by Gasteiger charge is -2.29. The number of carbonyl (C=O) groups is 1. The number of likely N-dealkylation sites (tertiary alicyclic amines) is 1. The summed E-state index contributed by atoms with van der Waals surface area (Å²) in [5, 5.41) is 2.91. The Morgan fingerprint density at radius 3 is 2.58 bits per heavy atom. The number of benzene rings is 1. The molecule has 128 valence electrons. The minimum Gasteiger partial charge on any atom is -0.336 e. The van der Waals surface area contributed by atoms with E-state index in [1.54, 1.807) is 28.9 Å². The number of urea groups is 1. The first kappa shape index (κ1) is 16.4. The molecule has 1 N–H and O–H groups in total. The first-order valence-corrected chi connectivity index (χ1v) is 8.04. The van der Waals surface area contributed by atoms with Crippen LogP contribution in [0, 0.1) is 11.6 Å². The number of hydrogen-bond acceptors (Lipinski definition) is 2. The smallest absolute Gasteiger partial charge is 0.318 e. The van der Waals surface area contributed by atoms with Crippen molar-refractivity contribution in [3.05, 3.63) is 53.6 Å². The third-order valence-corrected chi connectivity index (χ3v) is 4.30. The van der Waals surface area contributed by atoms with Gasteiger partial charge in [0.25, 0.3) is 0 Å². The summed E-state index contributed by atoms with van der Waals surface area (Å²) in [6.07, 6.45) is 6.43. The average Bonchev–Trinajstić information content (AvgIpc) is 3.01. The van der Waals surface area contributed by atoms with E-state index in [1.165, 1.54) is 6.07 Å². The SMILES string of the molecule is Cn1ccnc1[C@H](NC(=O)N1CCCCC1)c1ccc(F)c(F)c1. The van der Waals surface area contributed by atoms with E-state index in [-0.39, 0.29) is 6.03 Å². The van der Waals surface area contributed by atoms with Gasteiger partial charge < -0.3 is 14.8 Å². The molecule has 24 heavy (non-hydrogen) atoms. The second kappa shape index (κ2) is 6.98. The van der Waals surface area contributed by atoms with Crippen LogP contribution in [-0.2, 0) is 7.05 Å². The van der Waals surface area contributed by atoms with Crippen LogP contribution in [0.25, 0.3) is 0 Å². The van der Waals surface area contributed by atoms with E-state index in [0.717, 1.165) is 31.4 Å². The van der Waals surface area contributed by atoms with Gasteiger partial charge in [-0.3, -0.25) is 0 Å². The highest BCUT2D eigenvalue weighted by atomic mass is 19.2. The molecule has 1 aliphatic heterocycles. The number of hydrogen-bond donors (Lipinski definition) is 1. The number of aryl methyl sites for hydroxylation is 1. The van der Waals surface area contributed by atoms with Gasteiger partial charge in [-0.15, -0.1) is 0 Å². The number of halogens is 2. The number of nitrogens with zero attached hydrogens (tertiary/aromatic N) is 3. The molecule has 3 rings (SSSR count). The van der Waals surface area contributed by atoms with Crippen molar-refractivity contribution in [1.82, 2.24) is 19.8 Å². The van der Waals surface area contributed by atoms with Crippen LogP contribution in [-0.4, -0.2) is 33.6 Å². The second-order valence-corrected chi connectivity index (χ2v) is 6.00. The van der Waals surface area contributed by atoms with E-state index in [4.69, 9.17) is 0 Å². The second-order valence-electron chi connectivity index (χ2n) is 6.00. The maximum absolute atomic E-state index is 13.6. The lowest BCUT2D eigenvalue weighted by atomic mass is 10.1. The van der Waals surface area contributed by atoms with Crippen molar-refractivity contribution in [3.63, 3.8) is 0 Å². The third kappa shape index (κ3) is 3.39. The zero-order chi connectivity index (χ0) is 17.1. The zero-order valence-electron chi connectivity index (χ0n) is 13.5. The molecule has 1 aromatic heterocycles. The number of rotatable bonds is 3. The molecule has 0 bridgehead atoms. The topological polar surface area (TPSA) is 50.2 Å². The minimum absolute atomic E-state index is 0.215. The number of carbonyl (C=O) groups excluding carboxylic acids is 1. The number of piperidine rings is 1. The van der Waals surface area contributed by atoms with Gasteiger partial charge >= 0.3 is 6.03 Å². The maximum Gasteiger partial charge on any atom is 0.318 e. The van der Waals surface area contributed by atoms with E-state index in [1.807, 2.05) is 0 Å². The van der Waals surface area contributed by atoms with Crippen LogP contribution in [0.2, 0.25) is 0 Å². The average molecular weight is 334 g/mol. The number of imidazole rings is 1. The first-order valence-electron chi connectivity index (χ1n) is 8.04. The predicted octanol–water partition coefficient (Wildman–Crippen LogP) is 2.98. The van der Waals surface area contributed by atoms with Crippen LogP contribution >= 0.6 is 0 Å². The Morgan fingerprint density at radius 1 is 1.21 bits per heavy atom. The summed E-state index contributed by atoms with van der Waals surface area (Å²) >= 11 is 0. The summed E-state index contributed by atoms with van der Waals surface area (Å²) in [5.74, 6) is -1.30. The highest BCUT2D eigenvalue weighted by molar-refractivity contribution is 5.75. The summed E-state index contributed by atoms with van der Waals surface area (Å²) in [6.45, 7) is 1.41. The molecular formula is C17H20F2N4O. The fourth-order valence-electron chi connectivity index (χ4n) is 2.96. The third-order valence-electron chi connectivity index (χ3n) is 4.30. The molecule has 1 aliphatic rings. The van der Waals surface area contributed by atoms with Gasteiger partial charge in [0.05, 0.1) is 0 Å². The maximum atomic E-state index is 13.6. The predicted molar refractivity (Wildman–Crippen MR) is 85.4 cm³/mol. The quantitative estimate of drug-likeness (QED) is 0.938. The summed E-state index contributed by atoms with van der Waals surface area (Å²) in [7, 11) is 1.79. The molecule has 0 radical (unpaired) electrons. The Hall–Kier alpha value is -2.44. The summed E-state index contributed by atoms with van der Waals surface area (Å²) in [6, 6.07) is 2.77. The van der Waals surface area contributed by atoms with Gasteiger partial charge in [-0.2, -0.15) is 0 Å². The fraction of sp³-hybridized carbons (Fsp3) is 0.412. The van der Waals surface area contributed by atoms with Crippen LogP contribution in [0.3, 0.4) is 0 Å². The Bertz CT molecular complexity index is 725. The van der Waals surface area contributed by atoms with Gasteiger partial charge in [0.15, 0.2) is 11.6 Å². The first-order chi connectivity index (χ1) is 11.6. The van der Waals surface area contributed by atoms with Crippen molar-refractivity contribution in [2.75, 3.05) is 13.1 Å². The number of amides is 2. The van der Waals surface area contributed by atoms with Crippen molar-refractivity contribution in [2.24, 2.45) is 7.05 Å². The van der Waals surface area contributed by atoms with Crippen molar-refractivity contribution >= 4 is 6.03 Å². The van der Waals surface area contributed by atoms with Gasteiger partial charge in [-0.1, -0.05) is 6.07 Å². The molecule has 2 aromatic rings. The van der Waals surface area contributed by atoms with E-state index in [2.05, 4.69) is 10.3 Å². The van der Waals surface area contributed by atoms with Gasteiger partial charge in [-0.05, 0) is 37.0 Å². The van der Waals surface area contributed by atoms with Crippen molar-refractivity contribution in [3.8, 4) is 0 Å². The fourth-order valence-corrected chi connectivity index (χ4v) is 2.96. The lowest BCUT2D eigenvalue weighted by molar-refractivity contribution is 0.183. The molecule has 0 aliphatic carbocycles. The minimum atomic E-state index is -0.945. The van der Waals surface area contributed by atoms with Crippen LogP contribution in [0.4, 0.5) is 13.6 Å². The normalized spacial score (nSPS) is 16.0. The zero-order valence-corrected chi connectivity index (χ0v) is 13.5. The molecule has 7 heteroatoms. The van der Waals surface area contributed by atoms with E-state index in [0.29, 0.717) is 24.5 Å². The summed E-state index contributed by atoms with van der Waals surface area (Å²) in [5.41, 5.74) is 0.452. The van der Waals surface area contributed by atoms with Crippen molar-refractivity contribution < 1.29 is 13.6 Å². The van der Waals surface area contributed by atoms with E-state index >= 15 is 0 Å². The van der Waals surface area contributed by atoms with E-state index < -0.39 is 17.7 Å². The lowest BCUT2D eigenvalue weighted by Crippen LogP contribution is -2.44. The molecule has 1 atom stereocenters. The monoisotopic (exact) mass is 334 g/mol. The van der Waals surface area contributed by atoms with Crippen LogP contribution < -0.4 is 5.32 Å². The highest BCUT2D eigenvalue weighted by Gasteiger charge is 2.25. The Labute approximate surface area is 139 Å². The molecular weight excluding hydrogens is 314 g/mol. The van der Waals surface area contributed by atoms with Crippen LogP contribution in [0.15, 0.2) is 30.6 Å². The van der Waals surface area contributed by atoms with Crippen molar-refractivity contribution in [1.29, 1.82) is 0 Å². The molecule has 1 aromatic carbocycles. The molecule has 2 heterocycles. The molecule has 1 saturated heterocycles. The Kier molecular flexibility index (Phi) is 4.78. The molecule has 5 nitrogen and oxygen atoms in total. The molecule has 0 saturated carbocycles. The van der Waals surface area contributed by atoms with Crippen LogP contribution in [0.5, 0.6) is 0 Å². The number of nitrogens with one attached hydrogen (secondary N) is 1. The highest BCUT2D eigenvalue weighted by Crippen LogP contribution is 2.23. The Morgan fingerprint density at radius 2 is 1.96 bits per heavy atom. The summed E-state index contributed by atoms with van der Waals surface area (Å²) in [4.78, 5) is 18.6. The molecule has 2 amide bonds.